The molecule has 0 radical (unpaired) electrons. The van der Waals surface area contributed by atoms with Crippen molar-refractivity contribution in [1.82, 2.24) is 29.8 Å². The van der Waals surface area contributed by atoms with Crippen molar-refractivity contribution in [3.8, 4) is 11.6 Å². The van der Waals surface area contributed by atoms with E-state index in [0.717, 1.165) is 4.90 Å². The molecule has 15 nitrogen and oxygen atoms in total. The average Bonchev–Trinajstić information content (AvgIpc) is 4.09. The molecule has 63 heavy (non-hydrogen) atoms. The normalized spacial score (nSPS) is 28.0. The van der Waals surface area contributed by atoms with E-state index < -0.39 is 117 Å². The summed E-state index contributed by atoms with van der Waals surface area (Å²) in [5.41, 5.74) is -6.86. The number of carbonyl (C=O) groups excluding carboxylic acids is 3. The number of rotatable bonds is 10. The SMILES string of the molecule is CC[C@@H]1C[C@H](C)CC/C=C\[C@@H]2C[C@@]2(C(=O)NS(=O)(=O)C2CC2)NC(=O)[C@@H]2C[C@@H](Oc3nc4cc(OC(C)C)ccc4nc3C(F)(F)F)CN2C(=O)[C@H]1N(C(=O)O)C(C)(C)C(F)(F)F. The zero-order valence-electron chi connectivity index (χ0n) is 35.5. The third kappa shape index (κ3) is 9.94. The highest BCUT2D eigenvalue weighted by Gasteiger charge is 2.63. The highest BCUT2D eigenvalue weighted by molar-refractivity contribution is 7.91. The number of aromatic nitrogens is 2. The Morgan fingerprint density at radius 3 is 2.33 bits per heavy atom. The first-order valence-corrected chi connectivity index (χ1v) is 22.4. The molecule has 348 valence electrons. The van der Waals surface area contributed by atoms with Crippen LogP contribution in [0.15, 0.2) is 30.4 Å². The predicted molar refractivity (Wildman–Crippen MR) is 214 cm³/mol. The summed E-state index contributed by atoms with van der Waals surface area (Å²) in [4.78, 5) is 65.2. The Balaban J connectivity index is 1.46. The number of ether oxygens (including phenoxy) is 2. The van der Waals surface area contributed by atoms with Gasteiger partial charge in [0.25, 0.3) is 5.91 Å². The molecule has 4 aliphatic rings. The van der Waals surface area contributed by atoms with Crippen LogP contribution in [0.3, 0.4) is 0 Å². The number of carbonyl (C=O) groups is 4. The van der Waals surface area contributed by atoms with Crippen molar-refractivity contribution in [3.63, 3.8) is 0 Å². The lowest BCUT2D eigenvalue weighted by atomic mass is 9.82. The van der Waals surface area contributed by atoms with E-state index >= 15 is 4.79 Å². The van der Waals surface area contributed by atoms with E-state index in [0.29, 0.717) is 39.5 Å². The fourth-order valence-electron chi connectivity index (χ4n) is 8.46. The zero-order chi connectivity index (χ0) is 46.6. The highest BCUT2D eigenvalue weighted by Crippen LogP contribution is 2.47. The van der Waals surface area contributed by atoms with Gasteiger partial charge in [0, 0.05) is 18.4 Å². The number of hydrogen-bond donors (Lipinski definition) is 3. The standard InChI is InChI=1S/C41H52F6N6O9S/c1-7-23-16-22(4)10-8-9-11-24-19-39(24,36(56)51-63(59,60)27-13-14-27)50-33(54)30-18-26(20-52(30)35(55)31(23)53(37(57)58)38(5,6)41(45,46)47)62-34-32(40(42,43)44)48-28-15-12-25(61-21(2)3)17-29(28)49-34/h9,11-12,15,17,21-24,26-27,30-31H,7-8,10,13-14,16,18-20H2,1-6H3,(H,50,54)(H,51,56)(H,57,58)/b11-9-/t22-,23-,24-,26-,30+,31+,39-/m1/s1. The summed E-state index contributed by atoms with van der Waals surface area (Å²) in [5.74, 6) is -6.32. The van der Waals surface area contributed by atoms with Gasteiger partial charge >= 0.3 is 18.4 Å². The van der Waals surface area contributed by atoms with Gasteiger partial charge in [-0.2, -0.15) is 26.3 Å². The number of sulfonamides is 1. The summed E-state index contributed by atoms with van der Waals surface area (Å²) >= 11 is 0. The van der Waals surface area contributed by atoms with Gasteiger partial charge in [-0.15, -0.1) is 0 Å². The minimum absolute atomic E-state index is 0.00386. The van der Waals surface area contributed by atoms with Crippen molar-refractivity contribution in [3.05, 3.63) is 36.0 Å². The van der Waals surface area contributed by atoms with Crippen molar-refractivity contribution in [1.29, 1.82) is 0 Å². The smallest absolute Gasteiger partial charge is 0.438 e. The Morgan fingerprint density at radius 2 is 1.75 bits per heavy atom. The van der Waals surface area contributed by atoms with Gasteiger partial charge in [-0.3, -0.25) is 24.0 Å². The van der Waals surface area contributed by atoms with Crippen LogP contribution in [0.25, 0.3) is 11.0 Å². The fraction of sp³-hybridized carbons (Fsp3) is 0.659. The van der Waals surface area contributed by atoms with Gasteiger partial charge in [0.2, 0.25) is 33.4 Å². The number of fused-ring (bicyclic) bond motifs is 3. The van der Waals surface area contributed by atoms with Crippen LogP contribution in [0.5, 0.6) is 11.6 Å². The summed E-state index contributed by atoms with van der Waals surface area (Å²) in [7, 11) is -4.13. The van der Waals surface area contributed by atoms with Gasteiger partial charge in [-0.1, -0.05) is 32.4 Å². The summed E-state index contributed by atoms with van der Waals surface area (Å²) in [6.45, 7) is 7.27. The van der Waals surface area contributed by atoms with Crippen molar-refractivity contribution in [2.24, 2.45) is 17.8 Å². The van der Waals surface area contributed by atoms with E-state index in [2.05, 4.69) is 20.0 Å². The van der Waals surface area contributed by atoms with Crippen LogP contribution in [0.1, 0.15) is 98.6 Å². The maximum absolute atomic E-state index is 15.1. The van der Waals surface area contributed by atoms with E-state index in [1.807, 2.05) is 0 Å². The van der Waals surface area contributed by atoms with Gasteiger partial charge in [0.05, 0.1) is 28.9 Å². The molecule has 1 saturated heterocycles. The summed E-state index contributed by atoms with van der Waals surface area (Å²) in [5, 5.41) is 12.3. The molecule has 1 aromatic heterocycles. The number of halogens is 6. The molecule has 6 rings (SSSR count). The summed E-state index contributed by atoms with van der Waals surface area (Å²) in [6, 6.07) is 0.136. The predicted octanol–water partition coefficient (Wildman–Crippen LogP) is 6.36. The number of nitrogens with zero attached hydrogens (tertiary/aromatic N) is 4. The maximum atomic E-state index is 15.1. The number of nitrogens with one attached hydrogen (secondary N) is 2. The van der Waals surface area contributed by atoms with Gasteiger partial charge in [0.1, 0.15) is 35.0 Å². The van der Waals surface area contributed by atoms with E-state index in [9.17, 15) is 54.3 Å². The minimum Gasteiger partial charge on any atom is -0.491 e. The van der Waals surface area contributed by atoms with Crippen LogP contribution in [-0.4, -0.2) is 110 Å². The Bertz CT molecular complexity index is 2250. The number of allylic oxidation sites excluding steroid dienone is 1. The summed E-state index contributed by atoms with van der Waals surface area (Å²) < 4.78 is 128. The first kappa shape index (κ1) is 47.6. The first-order valence-electron chi connectivity index (χ1n) is 20.9. The van der Waals surface area contributed by atoms with Gasteiger partial charge in [-0.25, -0.2) is 23.2 Å². The molecular formula is C41H52F6N6O9S. The lowest BCUT2D eigenvalue weighted by molar-refractivity contribution is -0.222. The van der Waals surface area contributed by atoms with Gasteiger partial charge in [0.15, 0.2) is 0 Å². The molecule has 1 aromatic carbocycles. The molecule has 0 spiro atoms. The molecule has 0 unspecified atom stereocenters. The molecule has 7 atom stereocenters. The van der Waals surface area contributed by atoms with E-state index in [4.69, 9.17) is 9.47 Å². The zero-order valence-corrected chi connectivity index (χ0v) is 36.4. The topological polar surface area (TPSA) is 197 Å². The molecule has 2 aromatic rings. The fourth-order valence-corrected chi connectivity index (χ4v) is 9.82. The number of benzene rings is 1. The third-order valence-corrected chi connectivity index (χ3v) is 14.1. The van der Waals surface area contributed by atoms with E-state index in [1.165, 1.54) is 18.2 Å². The lowest BCUT2D eigenvalue weighted by Gasteiger charge is -2.46. The Kier molecular flexibility index (Phi) is 13.0. The van der Waals surface area contributed by atoms with Gasteiger partial charge < -0.3 is 24.8 Å². The van der Waals surface area contributed by atoms with Crippen LogP contribution in [-0.2, 0) is 30.6 Å². The van der Waals surface area contributed by atoms with Crippen LogP contribution in [0, 0.1) is 17.8 Å². The summed E-state index contributed by atoms with van der Waals surface area (Å²) in [6.07, 6.45) is -10.1. The lowest BCUT2D eigenvalue weighted by Crippen LogP contribution is -2.66. The van der Waals surface area contributed by atoms with Crippen LogP contribution in [0.4, 0.5) is 31.1 Å². The van der Waals surface area contributed by atoms with Crippen molar-refractivity contribution >= 4 is 44.9 Å². The average molecular weight is 919 g/mol. The van der Waals surface area contributed by atoms with E-state index in [-0.39, 0.29) is 53.0 Å². The number of hydrogen-bond acceptors (Lipinski definition) is 10. The Morgan fingerprint density at radius 1 is 1.06 bits per heavy atom. The monoisotopic (exact) mass is 918 g/mol. The van der Waals surface area contributed by atoms with Crippen molar-refractivity contribution in [2.45, 2.75) is 146 Å². The largest absolute Gasteiger partial charge is 0.491 e. The van der Waals surface area contributed by atoms with Crippen LogP contribution < -0.4 is 19.5 Å². The second-order valence-corrected chi connectivity index (χ2v) is 19.8. The molecule has 3 N–H and O–H groups in total. The molecule has 2 aliphatic heterocycles. The van der Waals surface area contributed by atoms with Gasteiger partial charge in [-0.05, 0) is 90.2 Å². The minimum atomic E-state index is -5.21. The second-order valence-electron chi connectivity index (χ2n) is 17.8. The molecule has 3 fully saturated rings. The molecule has 0 bridgehead atoms. The maximum Gasteiger partial charge on any atom is 0.438 e. The number of amides is 4. The third-order valence-electron chi connectivity index (χ3n) is 12.2. The molecule has 4 amide bonds. The van der Waals surface area contributed by atoms with Crippen molar-refractivity contribution in [2.75, 3.05) is 6.54 Å². The molecular weight excluding hydrogens is 867 g/mol. The second kappa shape index (κ2) is 17.2. The molecule has 3 heterocycles. The Hall–Kier alpha value is -4.89. The quantitative estimate of drug-likeness (QED) is 0.177. The first-order chi connectivity index (χ1) is 29.2. The molecule has 2 aliphatic carbocycles. The van der Waals surface area contributed by atoms with Crippen molar-refractivity contribution < 1.29 is 68.5 Å². The van der Waals surface area contributed by atoms with E-state index in [1.54, 1.807) is 39.8 Å². The highest BCUT2D eigenvalue weighted by atomic mass is 32.2. The van der Waals surface area contributed by atoms with Crippen LogP contribution >= 0.6 is 0 Å². The number of carboxylic acid groups (broad SMARTS) is 1. The number of alkyl halides is 6. The Labute approximate surface area is 360 Å². The molecule has 2 saturated carbocycles. The molecule has 22 heteroatoms. The van der Waals surface area contributed by atoms with Crippen LogP contribution in [0.2, 0.25) is 0 Å².